The van der Waals surface area contributed by atoms with E-state index in [4.69, 9.17) is 16.3 Å². The molecule has 62 valence electrons. The number of hydrogen-bond donors (Lipinski definition) is 0. The van der Waals surface area contributed by atoms with Gasteiger partial charge in [-0.25, -0.2) is 0 Å². The molecule has 2 heteroatoms. The van der Waals surface area contributed by atoms with Gasteiger partial charge in [0.15, 0.2) is 0 Å². The molecule has 0 aromatic carbocycles. The third kappa shape index (κ3) is 2.58. The summed E-state index contributed by atoms with van der Waals surface area (Å²) in [7, 11) is 0. The molecule has 0 saturated heterocycles. The van der Waals surface area contributed by atoms with E-state index in [-0.39, 0.29) is 0 Å². The molecule has 0 saturated carbocycles. The highest BCUT2D eigenvalue weighted by molar-refractivity contribution is 6.17. The highest BCUT2D eigenvalue weighted by Gasteiger charge is 2.05. The van der Waals surface area contributed by atoms with Crippen molar-refractivity contribution in [1.82, 2.24) is 0 Å². The minimum absolute atomic E-state index is 0.685. The van der Waals surface area contributed by atoms with E-state index in [1.165, 1.54) is 5.57 Å². The Morgan fingerprint density at radius 1 is 1.82 bits per heavy atom. The molecule has 0 radical (unpaired) electrons. The molecule has 0 aromatic heterocycles. The Bertz CT molecular complexity index is 182. The van der Waals surface area contributed by atoms with Gasteiger partial charge in [-0.05, 0) is 25.0 Å². The summed E-state index contributed by atoms with van der Waals surface area (Å²) < 4.78 is 5.36. The first kappa shape index (κ1) is 8.66. The number of ether oxygens (including phenoxy) is 1. The number of halogens is 1. The van der Waals surface area contributed by atoms with Crippen molar-refractivity contribution >= 4 is 11.6 Å². The smallest absolute Gasteiger partial charge is 0.118 e. The minimum atomic E-state index is 0.685. The van der Waals surface area contributed by atoms with Crippen LogP contribution >= 0.6 is 11.6 Å². The van der Waals surface area contributed by atoms with E-state index < -0.39 is 0 Å². The van der Waals surface area contributed by atoms with Crippen LogP contribution in [0.25, 0.3) is 0 Å². The Hall–Kier alpha value is -0.430. The molecule has 0 aromatic rings. The van der Waals surface area contributed by atoms with Crippen molar-refractivity contribution in [2.24, 2.45) is 0 Å². The second-order valence-electron chi connectivity index (χ2n) is 2.57. The van der Waals surface area contributed by atoms with Gasteiger partial charge in [-0.2, -0.15) is 0 Å². The monoisotopic (exact) mass is 172 g/mol. The number of rotatable bonds is 3. The summed E-state index contributed by atoms with van der Waals surface area (Å²) in [5.41, 5.74) is 1.21. The molecule has 1 rings (SSSR count). The summed E-state index contributed by atoms with van der Waals surface area (Å²) in [5, 5.41) is 0. The molecular weight excluding hydrogens is 160 g/mol. The lowest BCUT2D eigenvalue weighted by molar-refractivity contribution is 0.252. The zero-order valence-electron chi connectivity index (χ0n) is 6.77. The van der Waals surface area contributed by atoms with Crippen LogP contribution in [-0.4, -0.2) is 12.5 Å². The van der Waals surface area contributed by atoms with Gasteiger partial charge in [-0.1, -0.05) is 6.08 Å². The number of alkyl halides is 1. The molecular formula is C9H13ClO. The van der Waals surface area contributed by atoms with Gasteiger partial charge in [-0.3, -0.25) is 0 Å². The molecule has 0 spiro atoms. The van der Waals surface area contributed by atoms with Gasteiger partial charge >= 0.3 is 0 Å². The third-order valence-corrected chi connectivity index (χ3v) is 1.87. The van der Waals surface area contributed by atoms with Crippen LogP contribution in [0.3, 0.4) is 0 Å². The van der Waals surface area contributed by atoms with Crippen molar-refractivity contribution in [3.05, 3.63) is 23.5 Å². The average molecular weight is 173 g/mol. The Morgan fingerprint density at radius 3 is 3.18 bits per heavy atom. The summed E-state index contributed by atoms with van der Waals surface area (Å²) in [6.07, 6.45) is 6.21. The molecule has 1 nitrogen and oxygen atoms in total. The lowest BCUT2D eigenvalue weighted by Crippen LogP contribution is -1.87. The van der Waals surface area contributed by atoms with Crippen molar-refractivity contribution in [1.29, 1.82) is 0 Å². The van der Waals surface area contributed by atoms with Crippen LogP contribution in [0.15, 0.2) is 23.5 Å². The highest BCUT2D eigenvalue weighted by Crippen LogP contribution is 2.17. The quantitative estimate of drug-likeness (QED) is 0.595. The molecule has 1 aliphatic heterocycles. The predicted octanol–water partition coefficient (Wildman–Crippen LogP) is 2.87. The van der Waals surface area contributed by atoms with E-state index in [2.05, 4.69) is 19.1 Å². The van der Waals surface area contributed by atoms with Crippen LogP contribution in [0.4, 0.5) is 0 Å². The van der Waals surface area contributed by atoms with Crippen molar-refractivity contribution in [3.8, 4) is 0 Å². The zero-order valence-corrected chi connectivity index (χ0v) is 7.53. The van der Waals surface area contributed by atoms with Gasteiger partial charge in [0.05, 0.1) is 6.61 Å². The van der Waals surface area contributed by atoms with E-state index >= 15 is 0 Å². The van der Waals surface area contributed by atoms with Crippen molar-refractivity contribution in [3.63, 3.8) is 0 Å². The molecule has 0 fully saturated rings. The van der Waals surface area contributed by atoms with E-state index in [9.17, 15) is 0 Å². The molecule has 1 aliphatic rings. The largest absolute Gasteiger partial charge is 0.493 e. The predicted molar refractivity (Wildman–Crippen MR) is 47.7 cm³/mol. The number of allylic oxidation sites excluding steroid dienone is 2. The van der Waals surface area contributed by atoms with Gasteiger partial charge in [0.25, 0.3) is 0 Å². The minimum Gasteiger partial charge on any atom is -0.493 e. The van der Waals surface area contributed by atoms with Gasteiger partial charge in [0, 0.05) is 12.3 Å². The highest BCUT2D eigenvalue weighted by atomic mass is 35.5. The maximum absolute atomic E-state index is 5.55. The van der Waals surface area contributed by atoms with Crippen molar-refractivity contribution in [2.45, 2.75) is 19.8 Å². The topological polar surface area (TPSA) is 9.23 Å². The number of hydrogen-bond acceptors (Lipinski definition) is 1. The van der Waals surface area contributed by atoms with Gasteiger partial charge < -0.3 is 4.74 Å². The fourth-order valence-corrected chi connectivity index (χ4v) is 1.17. The molecule has 0 amide bonds. The molecule has 11 heavy (non-hydrogen) atoms. The summed E-state index contributed by atoms with van der Waals surface area (Å²) in [6.45, 7) is 2.89. The van der Waals surface area contributed by atoms with Crippen LogP contribution in [-0.2, 0) is 4.74 Å². The van der Waals surface area contributed by atoms with E-state index in [1.807, 2.05) is 0 Å². The molecule has 0 N–H and O–H groups in total. The first-order valence-corrected chi connectivity index (χ1v) is 4.44. The van der Waals surface area contributed by atoms with Gasteiger partial charge in [-0.15, -0.1) is 11.6 Å². The second kappa shape index (κ2) is 4.45. The average Bonchev–Trinajstić information content (AvgIpc) is 2.52. The Morgan fingerprint density at radius 2 is 2.64 bits per heavy atom. The standard InChI is InChI=1S/C9H13ClO/c1-8(4-2-6-10)9-5-3-7-11-9/h4-5H,2-3,6-7H2,1H3. The molecule has 1 heterocycles. The maximum Gasteiger partial charge on any atom is 0.118 e. The van der Waals surface area contributed by atoms with Crippen LogP contribution < -0.4 is 0 Å². The Balaban J connectivity index is 2.45. The van der Waals surface area contributed by atoms with Crippen molar-refractivity contribution < 1.29 is 4.74 Å². The van der Waals surface area contributed by atoms with Gasteiger partial charge in [0.1, 0.15) is 5.76 Å². The van der Waals surface area contributed by atoms with E-state index in [0.29, 0.717) is 5.88 Å². The Kier molecular flexibility index (Phi) is 3.50. The Labute approximate surface area is 72.7 Å². The summed E-state index contributed by atoms with van der Waals surface area (Å²) in [5.74, 6) is 1.72. The molecule has 0 aliphatic carbocycles. The first-order valence-electron chi connectivity index (χ1n) is 3.90. The van der Waals surface area contributed by atoms with Crippen LogP contribution in [0, 0.1) is 0 Å². The summed E-state index contributed by atoms with van der Waals surface area (Å²) in [6, 6.07) is 0. The normalized spacial score (nSPS) is 18.0. The van der Waals surface area contributed by atoms with Gasteiger partial charge in [0.2, 0.25) is 0 Å². The lowest BCUT2D eigenvalue weighted by Gasteiger charge is -2.02. The second-order valence-corrected chi connectivity index (χ2v) is 2.95. The van der Waals surface area contributed by atoms with E-state index in [1.54, 1.807) is 0 Å². The fraction of sp³-hybridized carbons (Fsp3) is 0.556. The fourth-order valence-electron chi connectivity index (χ4n) is 1.06. The SMILES string of the molecule is CC(=CCCCl)C1=CCCO1. The lowest BCUT2D eigenvalue weighted by atomic mass is 10.2. The first-order chi connectivity index (χ1) is 5.34. The van der Waals surface area contributed by atoms with Crippen LogP contribution in [0.2, 0.25) is 0 Å². The van der Waals surface area contributed by atoms with Crippen molar-refractivity contribution in [2.75, 3.05) is 12.5 Å². The zero-order chi connectivity index (χ0) is 8.10. The molecule has 0 atom stereocenters. The van der Waals surface area contributed by atoms with Crippen LogP contribution in [0.1, 0.15) is 19.8 Å². The summed E-state index contributed by atoms with van der Waals surface area (Å²) in [4.78, 5) is 0. The third-order valence-electron chi connectivity index (χ3n) is 1.65. The summed E-state index contributed by atoms with van der Waals surface area (Å²) >= 11 is 5.55. The maximum atomic E-state index is 5.55. The molecule has 0 unspecified atom stereocenters. The van der Waals surface area contributed by atoms with E-state index in [0.717, 1.165) is 25.2 Å². The van der Waals surface area contributed by atoms with Crippen LogP contribution in [0.5, 0.6) is 0 Å². The molecule has 0 bridgehead atoms.